The van der Waals surface area contributed by atoms with Gasteiger partial charge in [-0.25, -0.2) is 0 Å². The predicted octanol–water partition coefficient (Wildman–Crippen LogP) is 5.98. The molecule has 6 heteroatoms. The molecule has 4 rings (SSSR count). The summed E-state index contributed by atoms with van der Waals surface area (Å²) in [6, 6.07) is 19.2. The summed E-state index contributed by atoms with van der Waals surface area (Å²) in [7, 11) is 0. The van der Waals surface area contributed by atoms with Gasteiger partial charge in [-0.2, -0.15) is 4.80 Å². The van der Waals surface area contributed by atoms with Gasteiger partial charge in [0.2, 0.25) is 0 Å². The second-order valence-electron chi connectivity index (χ2n) is 7.40. The lowest BCUT2D eigenvalue weighted by Gasteiger charge is -2.07. The van der Waals surface area contributed by atoms with Gasteiger partial charge in [-0.05, 0) is 73.4 Å². The van der Waals surface area contributed by atoms with E-state index in [9.17, 15) is 4.79 Å². The number of fused-ring (bicyclic) bond motifs is 1. The van der Waals surface area contributed by atoms with Crippen molar-refractivity contribution in [1.82, 2.24) is 15.0 Å². The normalized spacial score (nSPS) is 11.0. The number of anilines is 1. The van der Waals surface area contributed by atoms with Crippen molar-refractivity contribution in [3.63, 3.8) is 0 Å². The number of hydrogen-bond donors (Lipinski definition) is 1. The molecule has 4 aromatic rings. The third-order valence-electron chi connectivity index (χ3n) is 4.99. The molecule has 0 atom stereocenters. The molecule has 0 aliphatic heterocycles. The van der Waals surface area contributed by atoms with E-state index in [1.807, 2.05) is 43.3 Å². The molecule has 0 unspecified atom stereocenters. The zero-order chi connectivity index (χ0) is 21.1. The van der Waals surface area contributed by atoms with Gasteiger partial charge in [-0.3, -0.25) is 4.79 Å². The summed E-state index contributed by atoms with van der Waals surface area (Å²) in [6.45, 7) is 4.13. The van der Waals surface area contributed by atoms with Crippen molar-refractivity contribution in [3.05, 3.63) is 82.4 Å². The number of halogens is 1. The molecule has 0 spiro atoms. The maximum Gasteiger partial charge on any atom is 0.257 e. The van der Waals surface area contributed by atoms with Crippen LogP contribution >= 0.6 is 11.6 Å². The van der Waals surface area contributed by atoms with Crippen LogP contribution in [0.3, 0.4) is 0 Å². The van der Waals surface area contributed by atoms with E-state index in [1.54, 1.807) is 16.9 Å². The van der Waals surface area contributed by atoms with Gasteiger partial charge in [0.05, 0.1) is 16.3 Å². The van der Waals surface area contributed by atoms with E-state index >= 15 is 0 Å². The first-order chi connectivity index (χ1) is 14.5. The highest BCUT2D eigenvalue weighted by Crippen LogP contribution is 2.22. The molecule has 1 aromatic heterocycles. The van der Waals surface area contributed by atoms with Gasteiger partial charge in [0.15, 0.2) is 0 Å². The number of aromatic nitrogens is 3. The van der Waals surface area contributed by atoms with Gasteiger partial charge in [0.1, 0.15) is 11.0 Å². The summed E-state index contributed by atoms with van der Waals surface area (Å²) in [5.74, 6) is -0.255. The number of hydrogen-bond acceptors (Lipinski definition) is 3. The van der Waals surface area contributed by atoms with Crippen LogP contribution in [0.15, 0.2) is 60.7 Å². The molecule has 1 heterocycles. The fraction of sp³-hybridized carbons (Fsp3) is 0.208. The second kappa shape index (κ2) is 8.67. The highest BCUT2D eigenvalue weighted by molar-refractivity contribution is 6.34. The zero-order valence-electron chi connectivity index (χ0n) is 17.0. The monoisotopic (exact) mass is 418 g/mol. The van der Waals surface area contributed by atoms with E-state index in [0.717, 1.165) is 23.2 Å². The van der Waals surface area contributed by atoms with Crippen molar-refractivity contribution in [1.29, 1.82) is 0 Å². The van der Waals surface area contributed by atoms with Gasteiger partial charge in [0, 0.05) is 5.69 Å². The van der Waals surface area contributed by atoms with Gasteiger partial charge >= 0.3 is 0 Å². The number of unbranched alkanes of at least 4 members (excludes halogenated alkanes) is 1. The molecule has 0 radical (unpaired) electrons. The van der Waals surface area contributed by atoms with Crippen molar-refractivity contribution in [2.24, 2.45) is 0 Å². The molecular formula is C24H23ClN4O. The summed E-state index contributed by atoms with van der Waals surface area (Å²) in [6.07, 6.45) is 3.45. The summed E-state index contributed by atoms with van der Waals surface area (Å²) in [4.78, 5) is 14.2. The Labute approximate surface area is 180 Å². The van der Waals surface area contributed by atoms with Crippen LogP contribution in [-0.2, 0) is 6.42 Å². The standard InChI is InChI=1S/C24H23ClN4O/c1-3-4-5-17-7-10-19(11-8-17)29-27-22-13-9-18(15-23(22)28-29)26-24(30)20-12-6-16(2)14-21(20)25/h6-15H,3-5H2,1-2H3,(H,26,30). The third-order valence-corrected chi connectivity index (χ3v) is 5.31. The average molecular weight is 419 g/mol. The number of rotatable bonds is 6. The Morgan fingerprint density at radius 1 is 1.00 bits per heavy atom. The number of carbonyl (C=O) groups excluding carboxylic acids is 1. The number of nitrogens with zero attached hydrogens (tertiary/aromatic N) is 3. The Hall–Kier alpha value is -3.18. The van der Waals surface area contributed by atoms with Crippen LogP contribution < -0.4 is 5.32 Å². The van der Waals surface area contributed by atoms with Gasteiger partial charge in [-0.1, -0.05) is 43.1 Å². The molecule has 0 fully saturated rings. The smallest absolute Gasteiger partial charge is 0.257 e. The summed E-state index contributed by atoms with van der Waals surface area (Å²) < 4.78 is 0. The van der Waals surface area contributed by atoms with E-state index in [4.69, 9.17) is 11.6 Å². The topological polar surface area (TPSA) is 59.8 Å². The minimum atomic E-state index is -0.255. The number of benzene rings is 3. The first kappa shape index (κ1) is 20.1. The molecule has 0 aliphatic carbocycles. The van der Waals surface area contributed by atoms with E-state index < -0.39 is 0 Å². The minimum absolute atomic E-state index is 0.255. The van der Waals surface area contributed by atoms with E-state index in [-0.39, 0.29) is 5.91 Å². The molecule has 30 heavy (non-hydrogen) atoms. The van der Waals surface area contributed by atoms with Crippen LogP contribution in [0.25, 0.3) is 16.7 Å². The largest absolute Gasteiger partial charge is 0.322 e. The minimum Gasteiger partial charge on any atom is -0.322 e. The van der Waals surface area contributed by atoms with Crippen LogP contribution in [0.1, 0.15) is 41.3 Å². The molecule has 0 aliphatic rings. The highest BCUT2D eigenvalue weighted by atomic mass is 35.5. The van der Waals surface area contributed by atoms with Crippen LogP contribution in [0.2, 0.25) is 5.02 Å². The van der Waals surface area contributed by atoms with Crippen LogP contribution in [0, 0.1) is 6.92 Å². The summed E-state index contributed by atoms with van der Waals surface area (Å²) in [5.41, 5.74) is 5.78. The number of nitrogens with one attached hydrogen (secondary N) is 1. The molecule has 3 aromatic carbocycles. The fourth-order valence-electron chi connectivity index (χ4n) is 3.29. The molecule has 1 amide bonds. The average Bonchev–Trinajstić information content (AvgIpc) is 3.16. The number of carbonyl (C=O) groups is 1. The maximum atomic E-state index is 12.6. The molecule has 0 saturated heterocycles. The second-order valence-corrected chi connectivity index (χ2v) is 7.81. The van der Waals surface area contributed by atoms with Crippen LogP contribution in [-0.4, -0.2) is 20.9 Å². The van der Waals surface area contributed by atoms with Gasteiger partial charge in [-0.15, -0.1) is 10.2 Å². The Bertz CT molecular complexity index is 1200. The third kappa shape index (κ3) is 4.36. The Kier molecular flexibility index (Phi) is 5.81. The quantitative estimate of drug-likeness (QED) is 0.419. The lowest BCUT2D eigenvalue weighted by atomic mass is 10.1. The number of amides is 1. The summed E-state index contributed by atoms with van der Waals surface area (Å²) >= 11 is 6.21. The Balaban J connectivity index is 1.54. The summed E-state index contributed by atoms with van der Waals surface area (Å²) in [5, 5.41) is 12.4. The van der Waals surface area contributed by atoms with Gasteiger partial charge in [0.25, 0.3) is 5.91 Å². The van der Waals surface area contributed by atoms with E-state index in [2.05, 4.69) is 34.6 Å². The fourth-order valence-corrected chi connectivity index (χ4v) is 3.61. The van der Waals surface area contributed by atoms with Crippen LogP contribution in [0.5, 0.6) is 0 Å². The first-order valence-corrected chi connectivity index (χ1v) is 10.4. The van der Waals surface area contributed by atoms with Crippen molar-refractivity contribution >= 4 is 34.2 Å². The van der Waals surface area contributed by atoms with E-state index in [1.165, 1.54) is 18.4 Å². The van der Waals surface area contributed by atoms with Crippen LogP contribution in [0.4, 0.5) is 5.69 Å². The SMILES string of the molecule is CCCCc1ccc(-n2nc3ccc(NC(=O)c4ccc(C)cc4Cl)cc3n2)cc1. The molecule has 152 valence electrons. The molecule has 1 N–H and O–H groups in total. The predicted molar refractivity (Wildman–Crippen MR) is 122 cm³/mol. The molecule has 0 bridgehead atoms. The molecule has 5 nitrogen and oxygen atoms in total. The van der Waals surface area contributed by atoms with Crippen molar-refractivity contribution < 1.29 is 4.79 Å². The van der Waals surface area contributed by atoms with Crippen molar-refractivity contribution in [2.75, 3.05) is 5.32 Å². The van der Waals surface area contributed by atoms with Gasteiger partial charge < -0.3 is 5.32 Å². The molecular weight excluding hydrogens is 396 g/mol. The Morgan fingerprint density at radius 2 is 1.77 bits per heavy atom. The lowest BCUT2D eigenvalue weighted by molar-refractivity contribution is 0.102. The van der Waals surface area contributed by atoms with Crippen molar-refractivity contribution in [2.45, 2.75) is 33.1 Å². The van der Waals surface area contributed by atoms with E-state index in [0.29, 0.717) is 21.8 Å². The highest BCUT2D eigenvalue weighted by Gasteiger charge is 2.12. The lowest BCUT2D eigenvalue weighted by Crippen LogP contribution is -2.12. The number of aryl methyl sites for hydroxylation is 2. The maximum absolute atomic E-state index is 12.6. The Morgan fingerprint density at radius 3 is 2.50 bits per heavy atom. The first-order valence-electron chi connectivity index (χ1n) is 10.1. The molecule has 0 saturated carbocycles. The van der Waals surface area contributed by atoms with Crippen molar-refractivity contribution in [3.8, 4) is 5.69 Å². The zero-order valence-corrected chi connectivity index (χ0v) is 17.8.